The summed E-state index contributed by atoms with van der Waals surface area (Å²) in [5.41, 5.74) is 3.07. The number of thioether (sulfide) groups is 1. The summed E-state index contributed by atoms with van der Waals surface area (Å²) < 4.78 is 1.84. The monoisotopic (exact) mass is 847 g/mol. The van der Waals surface area contributed by atoms with Crippen molar-refractivity contribution in [2.45, 2.75) is 55.9 Å². The number of carboxylic acids is 2. The van der Waals surface area contributed by atoms with Crippen LogP contribution in [0.3, 0.4) is 0 Å². The first-order valence-electron chi connectivity index (χ1n) is 17.6. The second-order valence-electron chi connectivity index (χ2n) is 14.5. The Balaban J connectivity index is 1.19. The maximum Gasteiger partial charge on any atom is 0.352 e. The normalized spacial score (nSPS) is 20.6. The van der Waals surface area contributed by atoms with E-state index < -0.39 is 74.6 Å². The predicted molar refractivity (Wildman–Crippen MR) is 209 cm³/mol. The molecule has 6 rings (SSSR count). The number of hydrogen-bond acceptors (Lipinski definition) is 14. The molecular weight excluding hydrogens is 808 g/mol. The van der Waals surface area contributed by atoms with Crippen molar-refractivity contribution in [2.24, 2.45) is 12.2 Å². The number of carbonyl (C=O) groups excluding carboxylic acids is 3. The number of phenols is 2. The number of pyridine rings is 1. The number of nitrogens with two attached hydrogens (primary N) is 1. The van der Waals surface area contributed by atoms with Crippen LogP contribution >= 0.6 is 34.7 Å². The van der Waals surface area contributed by atoms with Crippen LogP contribution in [0.5, 0.6) is 11.5 Å². The number of fused-ring (bicyclic) bond motifs is 2. The Bertz CT molecular complexity index is 2340. The lowest BCUT2D eigenvalue weighted by molar-refractivity contribution is -0.911. The van der Waals surface area contributed by atoms with Crippen LogP contribution in [0.25, 0.3) is 10.9 Å². The lowest BCUT2D eigenvalue weighted by Gasteiger charge is -2.51. The number of β-lactam (4-membered cyclic amide) rings is 1. The first kappa shape index (κ1) is 41.3. The maximum absolute atomic E-state index is 13.7. The van der Waals surface area contributed by atoms with E-state index in [1.54, 1.807) is 7.05 Å². The van der Waals surface area contributed by atoms with Gasteiger partial charge in [-0.2, -0.15) is 0 Å². The number of aromatic hydroxyl groups is 2. The largest absolute Gasteiger partial charge is 0.504 e. The van der Waals surface area contributed by atoms with Gasteiger partial charge in [-0.05, 0) is 20.8 Å². The highest BCUT2D eigenvalue weighted by molar-refractivity contribution is 8.00. The van der Waals surface area contributed by atoms with Gasteiger partial charge < -0.3 is 50.7 Å². The second kappa shape index (κ2) is 15.5. The number of nitrogens with zero attached hydrogens (tertiary/aromatic N) is 5. The van der Waals surface area contributed by atoms with Gasteiger partial charge in [-0.25, -0.2) is 14.6 Å². The highest BCUT2D eigenvalue weighted by atomic mass is 35.5. The number of benzene rings is 1. The molecule has 3 aromatic rings. The fourth-order valence-electron chi connectivity index (χ4n) is 7.12. The molecule has 8 N–H and O–H groups in total. The molecule has 57 heavy (non-hydrogen) atoms. The summed E-state index contributed by atoms with van der Waals surface area (Å²) in [5.74, 6) is -6.14. The summed E-state index contributed by atoms with van der Waals surface area (Å²) in [7, 11) is 1.56. The molecule has 0 unspecified atom stereocenters. The van der Waals surface area contributed by atoms with E-state index in [1.165, 1.54) is 47.8 Å². The second-order valence-corrected chi connectivity index (χ2v) is 17.2. The van der Waals surface area contributed by atoms with Crippen molar-refractivity contribution >= 4 is 86.1 Å². The minimum absolute atomic E-state index is 0.0146. The number of quaternary nitrogens is 1. The molecule has 0 saturated carbocycles. The van der Waals surface area contributed by atoms with Gasteiger partial charge in [0.25, 0.3) is 17.7 Å². The minimum atomic E-state index is -1.81. The number of carbonyl (C=O) groups is 5. The molecule has 3 amide bonds. The highest BCUT2D eigenvalue weighted by Crippen LogP contribution is 2.45. The third kappa shape index (κ3) is 7.71. The molecule has 19 nitrogen and oxygen atoms in total. The molecule has 5 heterocycles. The smallest absolute Gasteiger partial charge is 0.352 e. The Labute approximate surface area is 337 Å². The summed E-state index contributed by atoms with van der Waals surface area (Å²) in [6.45, 7) is 6.37. The SMILES string of the molecule is C[C@@H]1S[C@@H]2[C@H](NC(=O)C(=NOC(C)(C)C(=O)O)c3csc(N)n3)C(=O)N2C(C(=O)O)=C1C[N+]1(CCNC(=O)c2cn(C)c3cc(O)c(O)c(Cl)c3c2=O)CCCC1. The van der Waals surface area contributed by atoms with Crippen LogP contribution in [0.15, 0.2) is 38.9 Å². The Hall–Kier alpha value is -5.38. The van der Waals surface area contributed by atoms with Gasteiger partial charge in [0.2, 0.25) is 11.0 Å². The van der Waals surface area contributed by atoms with Gasteiger partial charge >= 0.3 is 11.9 Å². The van der Waals surface area contributed by atoms with Crippen molar-refractivity contribution in [3.63, 3.8) is 0 Å². The number of rotatable bonds is 13. The number of amides is 3. The number of likely N-dealkylation sites (tertiary alicyclic amines) is 1. The predicted octanol–water partition coefficient (Wildman–Crippen LogP) is 1.39. The van der Waals surface area contributed by atoms with Crippen LogP contribution in [0.2, 0.25) is 5.02 Å². The molecular formula is C35H40ClN8O11S2+. The molecule has 2 aromatic heterocycles. The zero-order chi connectivity index (χ0) is 41.7. The molecule has 3 atom stereocenters. The van der Waals surface area contributed by atoms with E-state index in [9.17, 15) is 49.2 Å². The van der Waals surface area contributed by atoms with Crippen LogP contribution in [-0.4, -0.2) is 130 Å². The molecule has 3 aliphatic rings. The summed E-state index contributed by atoms with van der Waals surface area (Å²) in [6, 6.07) is 0.0132. The van der Waals surface area contributed by atoms with Crippen LogP contribution in [0, 0.1) is 0 Å². The average Bonchev–Trinajstić information content (AvgIpc) is 3.80. The van der Waals surface area contributed by atoms with Gasteiger partial charge in [0, 0.05) is 48.4 Å². The molecule has 1 aromatic carbocycles. The van der Waals surface area contributed by atoms with Crippen LogP contribution < -0.4 is 21.8 Å². The standard InChI is InChI=1S/C35H39ClN8O11S2/c1-15-17(13-44(8-5-6-9-44)10-7-38-28(48)16-12-42(4)19-11-20(45)27(47)22(36)21(19)26(16)46)25(32(51)52)43-30(50)24(31(43)57-15)40-29(49)23(18-14-56-34(37)39-18)41-55-35(2,3)33(53)54/h11-12,14-15,24,31H,5-10,13H2,1-4H3,(H7-,37,38,39,40,41,45,46,47,48,49,51,52,53,54)/p+1/t15-,24+,31+/m0/s1. The molecule has 3 aliphatic heterocycles. The minimum Gasteiger partial charge on any atom is -0.504 e. The molecule has 0 bridgehead atoms. The molecule has 22 heteroatoms. The number of carboxylic acid groups (broad SMARTS) is 2. The first-order chi connectivity index (χ1) is 26.8. The Morgan fingerprint density at radius 1 is 1.18 bits per heavy atom. The molecule has 0 aliphatic carbocycles. The van der Waals surface area contributed by atoms with Crippen LogP contribution in [0.4, 0.5) is 5.13 Å². The number of halogens is 1. The first-order valence-corrected chi connectivity index (χ1v) is 19.8. The summed E-state index contributed by atoms with van der Waals surface area (Å²) >= 11 is 8.48. The van der Waals surface area contributed by atoms with Gasteiger partial charge in [0.05, 0.1) is 42.1 Å². The van der Waals surface area contributed by atoms with Crippen molar-refractivity contribution in [2.75, 3.05) is 38.5 Å². The third-order valence-electron chi connectivity index (χ3n) is 10.3. The van der Waals surface area contributed by atoms with E-state index in [1.807, 2.05) is 6.92 Å². The van der Waals surface area contributed by atoms with E-state index in [0.29, 0.717) is 29.7 Å². The van der Waals surface area contributed by atoms with Crippen molar-refractivity contribution in [3.05, 3.63) is 55.4 Å². The van der Waals surface area contributed by atoms with Gasteiger partial charge in [-0.3, -0.25) is 24.1 Å². The lowest BCUT2D eigenvalue weighted by atomic mass is 9.99. The fourth-order valence-corrected chi connectivity index (χ4v) is 9.39. The molecule has 2 fully saturated rings. The number of thiazole rings is 1. The average molecular weight is 848 g/mol. The van der Waals surface area contributed by atoms with Crippen molar-refractivity contribution in [1.29, 1.82) is 0 Å². The molecule has 0 radical (unpaired) electrons. The summed E-state index contributed by atoms with van der Waals surface area (Å²) in [4.78, 5) is 88.7. The van der Waals surface area contributed by atoms with Crippen molar-refractivity contribution < 1.29 is 53.7 Å². The van der Waals surface area contributed by atoms with Crippen molar-refractivity contribution in [1.82, 2.24) is 25.1 Å². The maximum atomic E-state index is 13.7. The third-order valence-corrected chi connectivity index (χ3v) is 12.8. The van der Waals surface area contributed by atoms with Gasteiger partial charge in [0.1, 0.15) is 34.9 Å². The lowest BCUT2D eigenvalue weighted by Crippen LogP contribution is -2.71. The quantitative estimate of drug-likeness (QED) is 0.0421. The number of oxime groups is 1. The van der Waals surface area contributed by atoms with E-state index in [-0.39, 0.29) is 51.1 Å². The molecule has 0 spiro atoms. The fraction of sp³-hybridized carbons (Fsp3) is 0.429. The number of anilines is 1. The van der Waals surface area contributed by atoms with Crippen LogP contribution in [-0.2, 0) is 31.1 Å². The topological polar surface area (TPSA) is 276 Å². The number of hydrogen-bond donors (Lipinski definition) is 7. The van der Waals surface area contributed by atoms with Crippen LogP contribution in [0.1, 0.15) is 49.7 Å². The Kier molecular flexibility index (Phi) is 11.2. The summed E-state index contributed by atoms with van der Waals surface area (Å²) in [6.07, 6.45) is 2.99. The Morgan fingerprint density at radius 2 is 1.86 bits per heavy atom. The molecule has 304 valence electrons. The zero-order valence-electron chi connectivity index (χ0n) is 31.1. The van der Waals surface area contributed by atoms with Gasteiger partial charge in [0.15, 0.2) is 22.3 Å². The Morgan fingerprint density at radius 3 is 2.47 bits per heavy atom. The number of aryl methyl sites for hydroxylation is 1. The molecule has 2 saturated heterocycles. The van der Waals surface area contributed by atoms with E-state index in [0.717, 1.165) is 29.1 Å². The highest BCUT2D eigenvalue weighted by Gasteiger charge is 2.57. The number of nitrogen functional groups attached to an aromatic ring is 1. The number of aliphatic carboxylic acids is 2. The van der Waals surface area contributed by atoms with Gasteiger partial charge in [-0.1, -0.05) is 16.8 Å². The van der Waals surface area contributed by atoms with E-state index in [2.05, 4.69) is 20.8 Å². The summed E-state index contributed by atoms with van der Waals surface area (Å²) in [5, 5.41) is 49.0. The van der Waals surface area contributed by atoms with Gasteiger partial charge in [-0.15, -0.1) is 23.1 Å². The number of nitrogens with one attached hydrogen (secondary N) is 2. The zero-order valence-corrected chi connectivity index (χ0v) is 33.5. The van der Waals surface area contributed by atoms with E-state index in [4.69, 9.17) is 22.2 Å². The van der Waals surface area contributed by atoms with E-state index >= 15 is 0 Å². The number of phenolic OH excluding ortho intramolecular Hbond substituents is 2. The number of aromatic nitrogens is 2. The van der Waals surface area contributed by atoms with Crippen molar-refractivity contribution in [3.8, 4) is 11.5 Å².